The number of aromatic nitrogens is 3. The van der Waals surface area contributed by atoms with Gasteiger partial charge < -0.3 is 14.8 Å². The fourth-order valence-corrected chi connectivity index (χ4v) is 6.28. The van der Waals surface area contributed by atoms with Crippen LogP contribution in [0.15, 0.2) is 24.4 Å². The van der Waals surface area contributed by atoms with Crippen LogP contribution in [-0.4, -0.2) is 63.1 Å². The molecular formula is C27H36ClN5O. The topological polar surface area (TPSA) is 68.0 Å². The molecule has 182 valence electrons. The van der Waals surface area contributed by atoms with Gasteiger partial charge in [0.25, 0.3) is 5.91 Å². The number of carbonyl (C=O) groups is 1. The molecule has 2 aliphatic heterocycles. The number of aryl methyl sites for hydroxylation is 2. The van der Waals surface area contributed by atoms with Crippen LogP contribution >= 0.6 is 12.4 Å². The molecule has 1 aliphatic carbocycles. The van der Waals surface area contributed by atoms with Crippen molar-refractivity contribution in [2.45, 2.75) is 70.3 Å². The van der Waals surface area contributed by atoms with Gasteiger partial charge in [0.1, 0.15) is 0 Å². The minimum atomic E-state index is 0. The van der Waals surface area contributed by atoms with E-state index in [-0.39, 0.29) is 18.3 Å². The number of nitrogens with zero attached hydrogens (tertiary/aromatic N) is 3. The number of fused-ring (bicyclic) bond motifs is 5. The maximum atomic E-state index is 13.4. The highest BCUT2D eigenvalue weighted by Crippen LogP contribution is 2.36. The number of aromatic amines is 2. The molecule has 2 fully saturated rings. The number of nitrogens with one attached hydrogen (secondary N) is 2. The van der Waals surface area contributed by atoms with Crippen molar-refractivity contribution in [2.75, 3.05) is 26.2 Å². The monoisotopic (exact) mass is 481 g/mol. The van der Waals surface area contributed by atoms with Crippen molar-refractivity contribution in [1.29, 1.82) is 0 Å². The van der Waals surface area contributed by atoms with Crippen LogP contribution in [-0.2, 0) is 12.8 Å². The van der Waals surface area contributed by atoms with Crippen LogP contribution in [0.5, 0.6) is 0 Å². The van der Waals surface area contributed by atoms with Gasteiger partial charge in [-0.15, -0.1) is 12.4 Å². The van der Waals surface area contributed by atoms with E-state index in [0.29, 0.717) is 6.04 Å². The molecule has 4 heterocycles. The first kappa shape index (κ1) is 23.4. The van der Waals surface area contributed by atoms with E-state index < -0.39 is 0 Å². The zero-order valence-corrected chi connectivity index (χ0v) is 20.8. The SMILES string of the molecule is Cl.O=C(c1ccc2[nH]c3c(c2c1)CCCc1cn[nH]c1-3)N1CCC(N2CCCCCCC2)CC1. The molecule has 1 amide bonds. The van der Waals surface area contributed by atoms with E-state index >= 15 is 0 Å². The molecule has 3 aromatic rings. The predicted octanol–water partition coefficient (Wildman–Crippen LogP) is 5.34. The van der Waals surface area contributed by atoms with Gasteiger partial charge in [0.05, 0.1) is 17.6 Å². The third kappa shape index (κ3) is 4.38. The minimum Gasteiger partial charge on any atom is -0.353 e. The van der Waals surface area contributed by atoms with Crippen LogP contribution in [0.4, 0.5) is 0 Å². The molecule has 0 unspecified atom stereocenters. The Morgan fingerprint density at radius 2 is 1.68 bits per heavy atom. The Morgan fingerprint density at radius 1 is 0.912 bits per heavy atom. The van der Waals surface area contributed by atoms with Crippen molar-refractivity contribution in [3.8, 4) is 11.4 Å². The third-order valence-electron chi connectivity index (χ3n) is 8.15. The number of carbonyl (C=O) groups excluding carboxylic acids is 1. The molecule has 2 aromatic heterocycles. The number of amides is 1. The first-order valence-corrected chi connectivity index (χ1v) is 13.0. The van der Waals surface area contributed by atoms with E-state index in [1.165, 1.54) is 61.7 Å². The fourth-order valence-electron chi connectivity index (χ4n) is 6.28. The van der Waals surface area contributed by atoms with Crippen molar-refractivity contribution in [1.82, 2.24) is 25.0 Å². The summed E-state index contributed by atoms with van der Waals surface area (Å²) in [4.78, 5) is 21.8. The zero-order chi connectivity index (χ0) is 22.2. The number of benzene rings is 1. The summed E-state index contributed by atoms with van der Waals surface area (Å²) in [6.45, 7) is 4.24. The average Bonchev–Trinajstić information content (AvgIpc) is 3.39. The van der Waals surface area contributed by atoms with Gasteiger partial charge in [-0.2, -0.15) is 5.10 Å². The second-order valence-electron chi connectivity index (χ2n) is 10.2. The van der Waals surface area contributed by atoms with Gasteiger partial charge in [0.2, 0.25) is 0 Å². The quantitative estimate of drug-likeness (QED) is 0.519. The second kappa shape index (κ2) is 10.1. The third-order valence-corrected chi connectivity index (χ3v) is 8.15. The smallest absolute Gasteiger partial charge is 0.253 e. The Labute approximate surface area is 207 Å². The van der Waals surface area contributed by atoms with Gasteiger partial charge >= 0.3 is 0 Å². The van der Waals surface area contributed by atoms with Crippen LogP contribution in [0.1, 0.15) is 72.9 Å². The number of rotatable bonds is 2. The summed E-state index contributed by atoms with van der Waals surface area (Å²) in [7, 11) is 0. The van der Waals surface area contributed by atoms with Crippen LogP contribution < -0.4 is 0 Å². The van der Waals surface area contributed by atoms with E-state index in [1.807, 2.05) is 12.3 Å². The largest absolute Gasteiger partial charge is 0.353 e. The van der Waals surface area contributed by atoms with E-state index in [1.54, 1.807) is 0 Å². The Balaban J connectivity index is 0.00000241. The lowest BCUT2D eigenvalue weighted by Gasteiger charge is -2.39. The number of piperidine rings is 1. The lowest BCUT2D eigenvalue weighted by atomic mass is 9.99. The molecular weight excluding hydrogens is 446 g/mol. The minimum absolute atomic E-state index is 0. The number of halogens is 1. The van der Waals surface area contributed by atoms with Crippen molar-refractivity contribution in [3.05, 3.63) is 41.1 Å². The predicted molar refractivity (Wildman–Crippen MR) is 139 cm³/mol. The zero-order valence-electron chi connectivity index (χ0n) is 19.9. The summed E-state index contributed by atoms with van der Waals surface area (Å²) in [5.41, 5.74) is 6.78. The molecule has 3 aliphatic rings. The first-order valence-electron chi connectivity index (χ1n) is 13.0. The van der Waals surface area contributed by atoms with Crippen molar-refractivity contribution in [3.63, 3.8) is 0 Å². The van der Waals surface area contributed by atoms with Gasteiger partial charge in [-0.3, -0.25) is 9.89 Å². The highest BCUT2D eigenvalue weighted by molar-refractivity contribution is 6.00. The number of hydrogen-bond donors (Lipinski definition) is 2. The standard InChI is InChI=1S/C27H35N5O.ClH/c33-27(32-15-11-21(12-16-32)31-13-4-2-1-3-5-14-31)19-9-10-24-23(17-19)22-8-6-7-20-18-28-30-25(20)26(22)29-24;/h9-10,17-18,21,29H,1-8,11-16H2,(H,28,30);1H. The Bertz CT molecular complexity index is 1140. The maximum Gasteiger partial charge on any atom is 0.253 e. The second-order valence-corrected chi connectivity index (χ2v) is 10.2. The van der Waals surface area contributed by atoms with Crippen molar-refractivity contribution in [2.24, 2.45) is 0 Å². The molecule has 7 heteroatoms. The van der Waals surface area contributed by atoms with Crippen LogP contribution in [0.25, 0.3) is 22.3 Å². The molecule has 2 N–H and O–H groups in total. The lowest BCUT2D eigenvalue weighted by molar-refractivity contribution is 0.0607. The average molecular weight is 482 g/mol. The van der Waals surface area contributed by atoms with Gasteiger partial charge in [-0.1, -0.05) is 19.3 Å². The molecule has 0 spiro atoms. The highest BCUT2D eigenvalue weighted by atomic mass is 35.5. The highest BCUT2D eigenvalue weighted by Gasteiger charge is 2.28. The van der Waals surface area contributed by atoms with Gasteiger partial charge in [-0.05, 0) is 87.4 Å². The Morgan fingerprint density at radius 3 is 2.47 bits per heavy atom. The summed E-state index contributed by atoms with van der Waals surface area (Å²) >= 11 is 0. The van der Waals surface area contributed by atoms with Crippen molar-refractivity contribution < 1.29 is 4.79 Å². The number of H-pyrrole nitrogens is 2. The molecule has 2 saturated heterocycles. The molecule has 6 rings (SSSR count). The molecule has 0 bridgehead atoms. The van der Waals surface area contributed by atoms with E-state index in [2.05, 4.69) is 37.1 Å². The summed E-state index contributed by atoms with van der Waals surface area (Å²) in [6.07, 6.45) is 14.2. The van der Waals surface area contributed by atoms with Crippen LogP contribution in [0.3, 0.4) is 0 Å². The molecule has 0 saturated carbocycles. The van der Waals surface area contributed by atoms with E-state index in [4.69, 9.17) is 0 Å². The van der Waals surface area contributed by atoms with Gasteiger partial charge in [0, 0.05) is 35.6 Å². The fraction of sp³-hybridized carbons (Fsp3) is 0.556. The molecule has 1 aromatic carbocycles. The van der Waals surface area contributed by atoms with Crippen LogP contribution in [0, 0.1) is 0 Å². The molecule has 6 nitrogen and oxygen atoms in total. The van der Waals surface area contributed by atoms with Crippen molar-refractivity contribution >= 4 is 29.2 Å². The van der Waals surface area contributed by atoms with Gasteiger partial charge in [-0.25, -0.2) is 0 Å². The van der Waals surface area contributed by atoms with E-state index in [9.17, 15) is 4.79 Å². The summed E-state index contributed by atoms with van der Waals surface area (Å²) in [5, 5.41) is 8.63. The van der Waals surface area contributed by atoms with E-state index in [0.717, 1.165) is 67.7 Å². The Hall–Kier alpha value is -2.31. The van der Waals surface area contributed by atoms with Crippen LogP contribution in [0.2, 0.25) is 0 Å². The van der Waals surface area contributed by atoms with Gasteiger partial charge in [0.15, 0.2) is 0 Å². The summed E-state index contributed by atoms with van der Waals surface area (Å²) < 4.78 is 0. The first-order chi connectivity index (χ1) is 16.3. The number of likely N-dealkylation sites (tertiary alicyclic amines) is 2. The summed E-state index contributed by atoms with van der Waals surface area (Å²) in [5.74, 6) is 0.189. The summed E-state index contributed by atoms with van der Waals surface area (Å²) in [6, 6.07) is 6.86. The number of hydrogen-bond acceptors (Lipinski definition) is 3. The normalized spacial score (nSPS) is 20.1. The molecule has 0 atom stereocenters. The Kier molecular flexibility index (Phi) is 6.98. The lowest BCUT2D eigenvalue weighted by Crippen LogP contribution is -2.47. The molecule has 34 heavy (non-hydrogen) atoms. The maximum absolute atomic E-state index is 13.4. The molecule has 0 radical (unpaired) electrons.